The van der Waals surface area contributed by atoms with E-state index in [1.54, 1.807) is 0 Å². The monoisotopic (exact) mass is 231 g/mol. The van der Waals surface area contributed by atoms with Crippen molar-refractivity contribution in [3.05, 3.63) is 0 Å². The van der Waals surface area contributed by atoms with Crippen LogP contribution >= 0.6 is 15.9 Å². The highest BCUT2D eigenvalue weighted by molar-refractivity contribution is 9.09. The number of nitrogens with zero attached hydrogens (tertiary/aromatic N) is 1. The average Bonchev–Trinajstić information content (AvgIpc) is 2.81. The molecule has 2 aliphatic rings. The van der Waals surface area contributed by atoms with Gasteiger partial charge in [0.2, 0.25) is 0 Å². The summed E-state index contributed by atoms with van der Waals surface area (Å²) in [5, 5.41) is 0. The smallest absolute Gasteiger partial charge is 0.0195 e. The summed E-state index contributed by atoms with van der Waals surface area (Å²) in [7, 11) is 0. The van der Waals surface area contributed by atoms with Gasteiger partial charge in [-0.2, -0.15) is 0 Å². The van der Waals surface area contributed by atoms with Crippen LogP contribution in [0.25, 0.3) is 0 Å². The third-order valence-electron chi connectivity index (χ3n) is 3.10. The molecule has 1 saturated heterocycles. The molecule has 1 heterocycles. The van der Waals surface area contributed by atoms with Crippen LogP contribution in [0.3, 0.4) is 0 Å². The molecular formula is C10H18BrN. The second kappa shape index (κ2) is 3.67. The van der Waals surface area contributed by atoms with Crippen LogP contribution in [-0.4, -0.2) is 29.4 Å². The van der Waals surface area contributed by atoms with Crippen molar-refractivity contribution in [1.29, 1.82) is 0 Å². The minimum absolute atomic E-state index is 0.771. The molecule has 1 saturated carbocycles. The Labute approximate surface area is 83.6 Å². The molecule has 0 radical (unpaired) electrons. The van der Waals surface area contributed by atoms with Crippen LogP contribution in [0.1, 0.15) is 26.2 Å². The molecular weight excluding hydrogens is 214 g/mol. The van der Waals surface area contributed by atoms with Crippen molar-refractivity contribution in [3.8, 4) is 0 Å². The van der Waals surface area contributed by atoms with Gasteiger partial charge < -0.3 is 4.90 Å². The Hall–Kier alpha value is 0.440. The summed E-state index contributed by atoms with van der Waals surface area (Å²) in [6.45, 7) is 6.37. The summed E-state index contributed by atoms with van der Waals surface area (Å²) in [5.41, 5.74) is 0. The molecule has 0 amide bonds. The molecule has 1 aliphatic heterocycles. The number of hydrogen-bond donors (Lipinski definition) is 0. The summed E-state index contributed by atoms with van der Waals surface area (Å²) in [5.74, 6) is 1.90. The van der Waals surface area contributed by atoms with E-state index in [4.69, 9.17) is 0 Å². The summed E-state index contributed by atoms with van der Waals surface area (Å²) in [6.07, 6.45) is 4.32. The number of likely N-dealkylation sites (tertiary alicyclic amines) is 1. The Morgan fingerprint density at radius 1 is 1.33 bits per heavy atom. The fourth-order valence-corrected chi connectivity index (χ4v) is 2.41. The van der Waals surface area contributed by atoms with Crippen LogP contribution in [0, 0.1) is 11.8 Å². The van der Waals surface area contributed by atoms with Gasteiger partial charge in [0.05, 0.1) is 0 Å². The van der Waals surface area contributed by atoms with Crippen molar-refractivity contribution < 1.29 is 0 Å². The zero-order chi connectivity index (χ0) is 8.55. The van der Waals surface area contributed by atoms with Gasteiger partial charge in [-0.25, -0.2) is 0 Å². The average molecular weight is 232 g/mol. The van der Waals surface area contributed by atoms with E-state index in [9.17, 15) is 0 Å². The van der Waals surface area contributed by atoms with Crippen LogP contribution in [0.15, 0.2) is 0 Å². The third kappa shape index (κ3) is 2.23. The third-order valence-corrected chi connectivity index (χ3v) is 4.46. The van der Waals surface area contributed by atoms with Crippen LogP contribution in [0.2, 0.25) is 0 Å². The lowest BCUT2D eigenvalue weighted by Gasteiger charge is -2.34. The van der Waals surface area contributed by atoms with E-state index in [0.29, 0.717) is 0 Å². The molecule has 1 nitrogen and oxygen atoms in total. The Kier molecular flexibility index (Phi) is 2.75. The number of rotatable bonds is 2. The topological polar surface area (TPSA) is 3.24 Å². The van der Waals surface area contributed by atoms with Crippen molar-refractivity contribution >= 4 is 15.9 Å². The van der Waals surface area contributed by atoms with E-state index < -0.39 is 0 Å². The minimum atomic E-state index is 0.771. The van der Waals surface area contributed by atoms with E-state index in [-0.39, 0.29) is 0 Å². The zero-order valence-corrected chi connectivity index (χ0v) is 9.39. The van der Waals surface area contributed by atoms with Gasteiger partial charge in [0.25, 0.3) is 0 Å². The van der Waals surface area contributed by atoms with E-state index >= 15 is 0 Å². The first kappa shape index (κ1) is 9.01. The number of hydrogen-bond acceptors (Lipinski definition) is 1. The summed E-state index contributed by atoms with van der Waals surface area (Å²) in [4.78, 5) is 3.42. The first-order valence-corrected chi connectivity index (χ1v) is 6.03. The second-order valence-electron chi connectivity index (χ2n) is 4.48. The Morgan fingerprint density at radius 2 is 2.08 bits per heavy atom. The molecule has 0 aromatic rings. The maximum atomic E-state index is 3.74. The SMILES string of the molecule is CC1CN(CC2CC2)CCC1Br. The van der Waals surface area contributed by atoms with Gasteiger partial charge in [0.1, 0.15) is 0 Å². The zero-order valence-electron chi connectivity index (χ0n) is 7.80. The molecule has 2 atom stereocenters. The summed E-state index contributed by atoms with van der Waals surface area (Å²) < 4.78 is 0. The van der Waals surface area contributed by atoms with Crippen molar-refractivity contribution in [3.63, 3.8) is 0 Å². The van der Waals surface area contributed by atoms with Gasteiger partial charge in [-0.1, -0.05) is 22.9 Å². The molecule has 0 spiro atoms. The maximum Gasteiger partial charge on any atom is 0.0195 e. The van der Waals surface area contributed by atoms with E-state index in [1.807, 2.05) is 0 Å². The van der Waals surface area contributed by atoms with Gasteiger partial charge in [-0.15, -0.1) is 0 Å². The highest BCUT2D eigenvalue weighted by Crippen LogP contribution is 2.32. The molecule has 12 heavy (non-hydrogen) atoms. The lowest BCUT2D eigenvalue weighted by Crippen LogP contribution is -2.40. The van der Waals surface area contributed by atoms with Crippen molar-refractivity contribution in [2.24, 2.45) is 11.8 Å². The quantitative estimate of drug-likeness (QED) is 0.661. The van der Waals surface area contributed by atoms with E-state index in [0.717, 1.165) is 16.7 Å². The number of alkyl halides is 1. The van der Waals surface area contributed by atoms with Crippen molar-refractivity contribution in [2.45, 2.75) is 31.0 Å². The number of halogens is 1. The molecule has 0 N–H and O–H groups in total. The largest absolute Gasteiger partial charge is 0.303 e. The lowest BCUT2D eigenvalue weighted by atomic mass is 10.00. The van der Waals surface area contributed by atoms with Crippen LogP contribution in [0.5, 0.6) is 0 Å². The van der Waals surface area contributed by atoms with Crippen LogP contribution < -0.4 is 0 Å². The van der Waals surface area contributed by atoms with Gasteiger partial charge in [0.15, 0.2) is 0 Å². The fourth-order valence-electron chi connectivity index (χ4n) is 2.03. The molecule has 0 aromatic heterocycles. The Morgan fingerprint density at radius 3 is 2.67 bits per heavy atom. The first-order chi connectivity index (χ1) is 5.75. The molecule has 2 unspecified atom stereocenters. The predicted octanol–water partition coefficient (Wildman–Crippen LogP) is 2.50. The normalized spacial score (nSPS) is 38.5. The minimum Gasteiger partial charge on any atom is -0.303 e. The maximum absolute atomic E-state index is 3.74. The standard InChI is InChI=1S/C10H18BrN/c1-8-6-12(5-4-10(8)11)7-9-2-3-9/h8-10H,2-7H2,1H3. The van der Waals surface area contributed by atoms with Gasteiger partial charge in [-0.3, -0.25) is 0 Å². The Balaban J connectivity index is 1.76. The van der Waals surface area contributed by atoms with Gasteiger partial charge in [0, 0.05) is 17.9 Å². The Bertz CT molecular complexity index is 156. The van der Waals surface area contributed by atoms with E-state index in [2.05, 4.69) is 27.8 Å². The van der Waals surface area contributed by atoms with Crippen LogP contribution in [-0.2, 0) is 0 Å². The van der Waals surface area contributed by atoms with E-state index in [1.165, 1.54) is 38.9 Å². The lowest BCUT2D eigenvalue weighted by molar-refractivity contribution is 0.184. The molecule has 2 rings (SSSR count). The van der Waals surface area contributed by atoms with Gasteiger partial charge in [-0.05, 0) is 37.6 Å². The molecule has 1 aliphatic carbocycles. The second-order valence-corrected chi connectivity index (χ2v) is 5.66. The molecule has 70 valence electrons. The highest BCUT2D eigenvalue weighted by atomic mass is 79.9. The first-order valence-electron chi connectivity index (χ1n) is 5.12. The summed E-state index contributed by atoms with van der Waals surface area (Å²) >= 11 is 3.74. The van der Waals surface area contributed by atoms with Crippen molar-refractivity contribution in [2.75, 3.05) is 19.6 Å². The molecule has 0 aromatic carbocycles. The fraction of sp³-hybridized carbons (Fsp3) is 1.00. The van der Waals surface area contributed by atoms with Gasteiger partial charge >= 0.3 is 0 Å². The molecule has 2 heteroatoms. The van der Waals surface area contributed by atoms with Crippen LogP contribution in [0.4, 0.5) is 0 Å². The number of piperidine rings is 1. The molecule has 2 fully saturated rings. The van der Waals surface area contributed by atoms with Crippen molar-refractivity contribution in [1.82, 2.24) is 4.90 Å². The highest BCUT2D eigenvalue weighted by Gasteiger charge is 2.29. The molecule has 0 bridgehead atoms. The summed E-state index contributed by atoms with van der Waals surface area (Å²) in [6, 6.07) is 0. The predicted molar refractivity (Wildman–Crippen MR) is 55.7 cm³/mol.